The SMILES string of the molecule is O=C(c1n[nH]n(N=Cc2ccccc2O)c1=O)N1CCNCC1. The molecule has 2 heterocycles. The van der Waals surface area contributed by atoms with Gasteiger partial charge in [0.2, 0.25) is 5.69 Å². The zero-order valence-corrected chi connectivity index (χ0v) is 12.3. The van der Waals surface area contributed by atoms with Crippen LogP contribution >= 0.6 is 0 Å². The number of rotatable bonds is 3. The quantitative estimate of drug-likeness (QED) is 0.642. The number of phenolic OH excluding ortho intramolecular Hbond substituents is 1. The first kappa shape index (κ1) is 15.0. The fourth-order valence-corrected chi connectivity index (χ4v) is 2.24. The lowest BCUT2D eigenvalue weighted by Gasteiger charge is -2.26. The predicted octanol–water partition coefficient (Wildman–Crippen LogP) is -0.795. The van der Waals surface area contributed by atoms with Crippen molar-refractivity contribution in [2.24, 2.45) is 5.10 Å². The van der Waals surface area contributed by atoms with E-state index >= 15 is 0 Å². The Morgan fingerprint density at radius 3 is 2.78 bits per heavy atom. The van der Waals surface area contributed by atoms with E-state index in [2.05, 4.69) is 20.7 Å². The van der Waals surface area contributed by atoms with Gasteiger partial charge >= 0.3 is 5.56 Å². The highest BCUT2D eigenvalue weighted by atomic mass is 16.3. The van der Waals surface area contributed by atoms with Gasteiger partial charge in [-0.3, -0.25) is 9.59 Å². The fourth-order valence-electron chi connectivity index (χ4n) is 2.24. The molecule has 0 unspecified atom stereocenters. The molecule has 1 aromatic carbocycles. The molecule has 9 heteroatoms. The number of aromatic amines is 1. The van der Waals surface area contributed by atoms with Crippen LogP contribution < -0.4 is 10.9 Å². The van der Waals surface area contributed by atoms with Crippen LogP contribution in [0.4, 0.5) is 0 Å². The van der Waals surface area contributed by atoms with Crippen molar-refractivity contribution in [3.8, 4) is 5.75 Å². The third kappa shape index (κ3) is 3.14. The van der Waals surface area contributed by atoms with Crippen molar-refractivity contribution in [1.82, 2.24) is 25.3 Å². The minimum Gasteiger partial charge on any atom is -0.507 e. The highest BCUT2D eigenvalue weighted by Gasteiger charge is 2.24. The standard InChI is InChI=1S/C14H16N6O3/c21-11-4-2-1-3-10(11)9-16-20-14(23)12(17-18-20)13(22)19-7-5-15-6-8-19/h1-4,9,15,18,21H,5-8H2. The number of piperazine rings is 1. The van der Waals surface area contributed by atoms with Crippen molar-refractivity contribution in [3.63, 3.8) is 0 Å². The summed E-state index contributed by atoms with van der Waals surface area (Å²) in [4.78, 5) is 26.9. The molecule has 3 N–H and O–H groups in total. The summed E-state index contributed by atoms with van der Waals surface area (Å²) in [6.07, 6.45) is 1.31. The van der Waals surface area contributed by atoms with Gasteiger partial charge in [0.25, 0.3) is 5.91 Å². The van der Waals surface area contributed by atoms with Gasteiger partial charge in [-0.05, 0) is 12.1 Å². The van der Waals surface area contributed by atoms with Gasteiger partial charge in [0.05, 0.1) is 6.21 Å². The molecule has 3 rings (SSSR count). The lowest BCUT2D eigenvalue weighted by Crippen LogP contribution is -2.47. The average Bonchev–Trinajstić information content (AvgIpc) is 2.95. The van der Waals surface area contributed by atoms with Crippen molar-refractivity contribution in [3.05, 3.63) is 45.9 Å². The van der Waals surface area contributed by atoms with Crippen LogP contribution in [-0.2, 0) is 0 Å². The van der Waals surface area contributed by atoms with E-state index in [0.29, 0.717) is 31.7 Å². The van der Waals surface area contributed by atoms with Crippen molar-refractivity contribution < 1.29 is 9.90 Å². The van der Waals surface area contributed by atoms with Crippen molar-refractivity contribution >= 4 is 12.1 Å². The Morgan fingerprint density at radius 1 is 1.30 bits per heavy atom. The molecule has 1 aliphatic rings. The first-order valence-electron chi connectivity index (χ1n) is 7.16. The maximum Gasteiger partial charge on any atom is 0.320 e. The largest absolute Gasteiger partial charge is 0.507 e. The molecule has 0 bridgehead atoms. The maximum absolute atomic E-state index is 12.3. The normalized spacial score (nSPS) is 15.2. The highest BCUT2D eigenvalue weighted by Crippen LogP contribution is 2.12. The van der Waals surface area contributed by atoms with Crippen LogP contribution in [-0.4, -0.2) is 63.4 Å². The second-order valence-electron chi connectivity index (χ2n) is 5.02. The highest BCUT2D eigenvalue weighted by molar-refractivity contribution is 5.92. The number of nitrogens with one attached hydrogen (secondary N) is 2. The molecular formula is C14H16N6O3. The molecule has 1 aliphatic heterocycles. The van der Waals surface area contributed by atoms with Gasteiger partial charge in [-0.25, -0.2) is 0 Å². The van der Waals surface area contributed by atoms with Gasteiger partial charge in [-0.2, -0.15) is 10.3 Å². The van der Waals surface area contributed by atoms with Gasteiger partial charge in [0.15, 0.2) is 0 Å². The van der Waals surface area contributed by atoms with E-state index in [1.165, 1.54) is 12.3 Å². The van der Waals surface area contributed by atoms with E-state index in [1.54, 1.807) is 23.1 Å². The third-order valence-corrected chi connectivity index (χ3v) is 3.51. The van der Waals surface area contributed by atoms with Crippen LogP contribution in [0.2, 0.25) is 0 Å². The summed E-state index contributed by atoms with van der Waals surface area (Å²) in [5.74, 6) is -0.370. The summed E-state index contributed by atoms with van der Waals surface area (Å²) in [5.41, 5.74) is -0.370. The number of nitrogens with zero attached hydrogens (tertiary/aromatic N) is 4. The van der Waals surface area contributed by atoms with Crippen LogP contribution in [0, 0.1) is 0 Å². The van der Waals surface area contributed by atoms with E-state index in [4.69, 9.17) is 0 Å². The number of aromatic hydroxyl groups is 1. The molecule has 1 amide bonds. The summed E-state index contributed by atoms with van der Waals surface area (Å²) >= 11 is 0. The molecule has 1 saturated heterocycles. The van der Waals surface area contributed by atoms with Gasteiger partial charge in [-0.1, -0.05) is 12.1 Å². The molecule has 0 radical (unpaired) electrons. The lowest BCUT2D eigenvalue weighted by atomic mass is 10.2. The number of phenols is 1. The Morgan fingerprint density at radius 2 is 2.04 bits per heavy atom. The summed E-state index contributed by atoms with van der Waals surface area (Å²) in [7, 11) is 0. The number of benzene rings is 1. The van der Waals surface area contributed by atoms with Crippen LogP contribution in [0.5, 0.6) is 5.75 Å². The zero-order chi connectivity index (χ0) is 16.2. The molecule has 23 heavy (non-hydrogen) atoms. The molecule has 0 saturated carbocycles. The molecule has 0 atom stereocenters. The number of para-hydroxylation sites is 1. The Kier molecular flexibility index (Phi) is 4.20. The summed E-state index contributed by atoms with van der Waals surface area (Å²) in [6, 6.07) is 6.57. The van der Waals surface area contributed by atoms with E-state index in [0.717, 1.165) is 4.79 Å². The van der Waals surface area contributed by atoms with E-state index in [9.17, 15) is 14.7 Å². The number of carbonyl (C=O) groups is 1. The number of H-pyrrole nitrogens is 1. The number of amides is 1. The minimum atomic E-state index is -0.625. The van der Waals surface area contributed by atoms with Gasteiger partial charge in [-0.15, -0.1) is 9.89 Å². The van der Waals surface area contributed by atoms with Gasteiger partial charge in [0.1, 0.15) is 5.75 Å². The summed E-state index contributed by atoms with van der Waals surface area (Å²) < 4.78 is 0. The zero-order valence-electron chi connectivity index (χ0n) is 12.3. The molecule has 9 nitrogen and oxygen atoms in total. The van der Waals surface area contributed by atoms with Crippen LogP contribution in [0.3, 0.4) is 0 Å². The fraction of sp³-hybridized carbons (Fsp3) is 0.286. The minimum absolute atomic E-state index is 0.0425. The van der Waals surface area contributed by atoms with E-state index in [1.807, 2.05) is 0 Å². The molecular weight excluding hydrogens is 300 g/mol. The molecule has 2 aromatic rings. The Bertz CT molecular complexity index is 788. The average molecular weight is 316 g/mol. The third-order valence-electron chi connectivity index (χ3n) is 3.51. The van der Waals surface area contributed by atoms with Crippen molar-refractivity contribution in [2.45, 2.75) is 0 Å². The second-order valence-corrected chi connectivity index (χ2v) is 5.02. The maximum atomic E-state index is 12.3. The van der Waals surface area contributed by atoms with Crippen LogP contribution in [0.25, 0.3) is 0 Å². The van der Waals surface area contributed by atoms with Crippen molar-refractivity contribution in [1.29, 1.82) is 0 Å². The monoisotopic (exact) mass is 316 g/mol. The van der Waals surface area contributed by atoms with Crippen molar-refractivity contribution in [2.75, 3.05) is 26.2 Å². The second kappa shape index (κ2) is 6.44. The van der Waals surface area contributed by atoms with Gasteiger partial charge in [0, 0.05) is 31.7 Å². The number of hydrogen-bond acceptors (Lipinski definition) is 6. The molecule has 0 spiro atoms. The summed E-state index contributed by atoms with van der Waals surface area (Å²) in [5, 5.41) is 22.8. The number of hydrogen-bond donors (Lipinski definition) is 3. The molecule has 0 aliphatic carbocycles. The molecule has 1 fully saturated rings. The van der Waals surface area contributed by atoms with Gasteiger partial charge < -0.3 is 15.3 Å². The number of carbonyl (C=O) groups excluding carboxylic acids is 1. The Balaban J connectivity index is 1.81. The summed E-state index contributed by atoms with van der Waals surface area (Å²) in [6.45, 7) is 2.45. The number of aromatic nitrogens is 3. The first-order valence-corrected chi connectivity index (χ1v) is 7.16. The Hall–Kier alpha value is -2.94. The van der Waals surface area contributed by atoms with E-state index in [-0.39, 0.29) is 11.4 Å². The molecule has 1 aromatic heterocycles. The first-order chi connectivity index (χ1) is 11.2. The van der Waals surface area contributed by atoms with Crippen LogP contribution in [0.15, 0.2) is 34.2 Å². The van der Waals surface area contributed by atoms with E-state index < -0.39 is 11.5 Å². The smallest absolute Gasteiger partial charge is 0.320 e. The van der Waals surface area contributed by atoms with Crippen LogP contribution in [0.1, 0.15) is 16.1 Å². The topological polar surface area (TPSA) is 116 Å². The lowest BCUT2D eigenvalue weighted by molar-refractivity contribution is 0.0728. The molecule has 120 valence electrons. The predicted molar refractivity (Wildman–Crippen MR) is 82.7 cm³/mol. The Labute approximate surface area is 131 Å².